The molecule has 1 unspecified atom stereocenters. The van der Waals surface area contributed by atoms with Crippen molar-refractivity contribution in [3.63, 3.8) is 0 Å². The molecule has 1 amide bonds. The Hall–Kier alpha value is -1.35. The number of aryl methyl sites for hydroxylation is 1. The summed E-state index contributed by atoms with van der Waals surface area (Å²) < 4.78 is 4.99. The van der Waals surface area contributed by atoms with Crippen LogP contribution in [-0.4, -0.2) is 25.7 Å². The Labute approximate surface area is 116 Å². The maximum atomic E-state index is 11.7. The molecule has 3 heteroatoms. The smallest absolute Gasteiger partial charge is 0.220 e. The first kappa shape index (κ1) is 15.7. The second-order valence-electron chi connectivity index (χ2n) is 5.32. The second kappa shape index (κ2) is 7.95. The zero-order chi connectivity index (χ0) is 14.3. The quantitative estimate of drug-likeness (QED) is 0.821. The monoisotopic (exact) mass is 263 g/mol. The molecule has 0 spiro atoms. The van der Waals surface area contributed by atoms with Gasteiger partial charge in [0.2, 0.25) is 5.91 Å². The van der Waals surface area contributed by atoms with Crippen LogP contribution >= 0.6 is 0 Å². The first-order valence-electron chi connectivity index (χ1n) is 6.90. The van der Waals surface area contributed by atoms with Crippen LogP contribution in [0.5, 0.6) is 0 Å². The summed E-state index contributed by atoms with van der Waals surface area (Å²) in [5.41, 5.74) is 2.54. The normalized spacial score (nSPS) is 12.5. The number of ether oxygens (including phenoxy) is 1. The number of carbonyl (C=O) groups is 1. The number of nitrogens with one attached hydrogen (secondary N) is 1. The van der Waals surface area contributed by atoms with Gasteiger partial charge in [0.05, 0.1) is 6.61 Å². The van der Waals surface area contributed by atoms with Crippen LogP contribution in [0.3, 0.4) is 0 Å². The Bertz CT molecular complexity index is 384. The maximum Gasteiger partial charge on any atom is 0.220 e. The predicted molar refractivity (Wildman–Crippen MR) is 78.3 cm³/mol. The van der Waals surface area contributed by atoms with Crippen molar-refractivity contribution < 1.29 is 9.53 Å². The molecule has 0 saturated heterocycles. The lowest BCUT2D eigenvalue weighted by Crippen LogP contribution is -2.35. The summed E-state index contributed by atoms with van der Waals surface area (Å²) in [6, 6.07) is 8.58. The number of hydrogen-bond donors (Lipinski definition) is 1. The van der Waals surface area contributed by atoms with Crippen LogP contribution in [0.15, 0.2) is 24.3 Å². The zero-order valence-corrected chi connectivity index (χ0v) is 12.4. The van der Waals surface area contributed by atoms with E-state index in [0.717, 1.165) is 6.42 Å². The number of carbonyl (C=O) groups excluding carboxylic acids is 1. The fraction of sp³-hybridized carbons (Fsp3) is 0.562. The van der Waals surface area contributed by atoms with E-state index in [4.69, 9.17) is 4.74 Å². The van der Waals surface area contributed by atoms with Crippen molar-refractivity contribution in [2.24, 2.45) is 0 Å². The third-order valence-corrected chi connectivity index (χ3v) is 3.11. The van der Waals surface area contributed by atoms with Gasteiger partial charge in [0.25, 0.3) is 0 Å². The predicted octanol–water partition coefficient (Wildman–Crippen LogP) is 2.89. The van der Waals surface area contributed by atoms with Crippen molar-refractivity contribution in [3.05, 3.63) is 35.4 Å². The number of benzene rings is 1. The molecule has 0 radical (unpaired) electrons. The van der Waals surface area contributed by atoms with Crippen LogP contribution in [-0.2, 0) is 16.0 Å². The van der Waals surface area contributed by atoms with E-state index < -0.39 is 0 Å². The van der Waals surface area contributed by atoms with E-state index in [2.05, 4.69) is 43.4 Å². The van der Waals surface area contributed by atoms with Crippen LogP contribution in [0.25, 0.3) is 0 Å². The molecule has 0 bridgehead atoms. The summed E-state index contributed by atoms with van der Waals surface area (Å²) in [6.45, 7) is 6.85. The van der Waals surface area contributed by atoms with E-state index in [0.29, 0.717) is 18.9 Å². The third kappa shape index (κ3) is 5.88. The van der Waals surface area contributed by atoms with Crippen molar-refractivity contribution in [3.8, 4) is 0 Å². The van der Waals surface area contributed by atoms with Gasteiger partial charge in [-0.3, -0.25) is 4.79 Å². The Morgan fingerprint density at radius 1 is 1.21 bits per heavy atom. The Balaban J connectivity index is 2.37. The van der Waals surface area contributed by atoms with Gasteiger partial charge in [-0.1, -0.05) is 38.1 Å². The molecular weight excluding hydrogens is 238 g/mol. The van der Waals surface area contributed by atoms with Gasteiger partial charge in [0.1, 0.15) is 0 Å². The Kier molecular flexibility index (Phi) is 6.57. The molecule has 0 aliphatic heterocycles. The van der Waals surface area contributed by atoms with Crippen molar-refractivity contribution in [2.45, 2.75) is 45.6 Å². The SMILES string of the molecule is COCC(C)NC(=O)CCc1ccc(C(C)C)cc1. The zero-order valence-electron chi connectivity index (χ0n) is 12.4. The molecule has 1 rings (SSSR count). The second-order valence-corrected chi connectivity index (χ2v) is 5.32. The van der Waals surface area contributed by atoms with E-state index in [1.54, 1.807) is 7.11 Å². The lowest BCUT2D eigenvalue weighted by molar-refractivity contribution is -0.122. The van der Waals surface area contributed by atoms with E-state index in [1.165, 1.54) is 11.1 Å². The minimum Gasteiger partial charge on any atom is -0.383 e. The van der Waals surface area contributed by atoms with Gasteiger partial charge in [0.15, 0.2) is 0 Å². The Morgan fingerprint density at radius 3 is 2.37 bits per heavy atom. The van der Waals surface area contributed by atoms with Crippen LogP contribution in [0.1, 0.15) is 44.2 Å². The van der Waals surface area contributed by atoms with Crippen LogP contribution in [0.2, 0.25) is 0 Å². The van der Waals surface area contributed by atoms with Crippen molar-refractivity contribution in [1.82, 2.24) is 5.32 Å². The molecule has 0 aromatic heterocycles. The average molecular weight is 263 g/mol. The molecule has 19 heavy (non-hydrogen) atoms. The maximum absolute atomic E-state index is 11.7. The van der Waals surface area contributed by atoms with Crippen molar-refractivity contribution in [1.29, 1.82) is 0 Å². The summed E-state index contributed by atoms with van der Waals surface area (Å²) in [6.07, 6.45) is 1.30. The largest absolute Gasteiger partial charge is 0.383 e. The molecule has 0 aliphatic carbocycles. The van der Waals surface area contributed by atoms with E-state index in [9.17, 15) is 4.79 Å². The van der Waals surface area contributed by atoms with Gasteiger partial charge < -0.3 is 10.1 Å². The molecule has 0 heterocycles. The van der Waals surface area contributed by atoms with Crippen molar-refractivity contribution >= 4 is 5.91 Å². The highest BCUT2D eigenvalue weighted by atomic mass is 16.5. The standard InChI is InChI=1S/C16H25NO2/c1-12(2)15-8-5-14(6-9-15)7-10-16(18)17-13(3)11-19-4/h5-6,8-9,12-13H,7,10-11H2,1-4H3,(H,17,18). The highest BCUT2D eigenvalue weighted by molar-refractivity contribution is 5.76. The summed E-state index contributed by atoms with van der Waals surface area (Å²) in [7, 11) is 1.64. The third-order valence-electron chi connectivity index (χ3n) is 3.11. The highest BCUT2D eigenvalue weighted by Crippen LogP contribution is 2.15. The number of hydrogen-bond acceptors (Lipinski definition) is 2. The van der Waals surface area contributed by atoms with Gasteiger partial charge >= 0.3 is 0 Å². The fourth-order valence-electron chi connectivity index (χ4n) is 1.97. The minimum absolute atomic E-state index is 0.0702. The molecule has 1 aromatic carbocycles. The topological polar surface area (TPSA) is 38.3 Å². The summed E-state index contributed by atoms with van der Waals surface area (Å²) in [4.78, 5) is 11.7. The van der Waals surface area contributed by atoms with Gasteiger partial charge in [-0.25, -0.2) is 0 Å². The highest BCUT2D eigenvalue weighted by Gasteiger charge is 2.07. The first-order valence-corrected chi connectivity index (χ1v) is 6.90. The summed E-state index contributed by atoms with van der Waals surface area (Å²) in [5, 5.41) is 2.92. The average Bonchev–Trinajstić information content (AvgIpc) is 2.37. The number of rotatable bonds is 7. The number of methoxy groups -OCH3 is 1. The number of amides is 1. The Morgan fingerprint density at radius 2 is 1.84 bits per heavy atom. The minimum atomic E-state index is 0.0702. The van der Waals surface area contributed by atoms with Crippen LogP contribution in [0.4, 0.5) is 0 Å². The fourth-order valence-corrected chi connectivity index (χ4v) is 1.97. The lowest BCUT2D eigenvalue weighted by Gasteiger charge is -2.12. The molecule has 106 valence electrons. The molecule has 3 nitrogen and oxygen atoms in total. The molecular formula is C16H25NO2. The molecule has 1 atom stereocenters. The molecule has 0 fully saturated rings. The summed E-state index contributed by atoms with van der Waals surface area (Å²) in [5.74, 6) is 0.629. The van der Waals surface area contributed by atoms with Crippen molar-refractivity contribution in [2.75, 3.05) is 13.7 Å². The molecule has 1 aromatic rings. The van der Waals surface area contributed by atoms with E-state index >= 15 is 0 Å². The molecule has 0 saturated carbocycles. The van der Waals surface area contributed by atoms with Gasteiger partial charge in [-0.2, -0.15) is 0 Å². The van der Waals surface area contributed by atoms with Crippen LogP contribution in [0, 0.1) is 0 Å². The van der Waals surface area contributed by atoms with Gasteiger partial charge in [-0.15, -0.1) is 0 Å². The van der Waals surface area contributed by atoms with Crippen LogP contribution < -0.4 is 5.32 Å². The summed E-state index contributed by atoms with van der Waals surface area (Å²) >= 11 is 0. The lowest BCUT2D eigenvalue weighted by atomic mass is 10.0. The van der Waals surface area contributed by atoms with Gasteiger partial charge in [0, 0.05) is 19.6 Å². The molecule has 1 N–H and O–H groups in total. The first-order chi connectivity index (χ1) is 9.02. The van der Waals surface area contributed by atoms with E-state index in [-0.39, 0.29) is 11.9 Å². The molecule has 0 aliphatic rings. The van der Waals surface area contributed by atoms with Gasteiger partial charge in [-0.05, 0) is 30.4 Å². The van der Waals surface area contributed by atoms with E-state index in [1.807, 2.05) is 6.92 Å².